The molecule has 1 nitrogen and oxygen atoms in total. The Morgan fingerprint density at radius 3 is 2.18 bits per heavy atom. The number of piperidine rings is 1. The molecule has 2 rings (SSSR count). The first kappa shape index (κ1) is 13.4. The monoisotopic (exact) mass is 237 g/mol. The van der Waals surface area contributed by atoms with Gasteiger partial charge in [0.05, 0.1) is 0 Å². The van der Waals surface area contributed by atoms with E-state index in [1.54, 1.807) is 0 Å². The third-order valence-electron chi connectivity index (χ3n) is 5.34. The van der Waals surface area contributed by atoms with Gasteiger partial charge in [-0.1, -0.05) is 33.6 Å². The van der Waals surface area contributed by atoms with Gasteiger partial charge in [0.1, 0.15) is 0 Å². The molecule has 1 spiro atoms. The molecule has 100 valence electrons. The summed E-state index contributed by atoms with van der Waals surface area (Å²) in [4.78, 5) is 2.73. The highest BCUT2D eigenvalue weighted by Crippen LogP contribution is 2.54. The van der Waals surface area contributed by atoms with Crippen LogP contribution in [0.25, 0.3) is 0 Å². The maximum Gasteiger partial charge on any atom is 0.00435 e. The minimum atomic E-state index is 0.493. The van der Waals surface area contributed by atoms with Crippen molar-refractivity contribution in [2.24, 2.45) is 16.7 Å². The van der Waals surface area contributed by atoms with Crippen molar-refractivity contribution in [2.75, 3.05) is 13.1 Å². The van der Waals surface area contributed by atoms with Crippen LogP contribution in [0.3, 0.4) is 0 Å². The van der Waals surface area contributed by atoms with E-state index in [0.717, 1.165) is 12.0 Å². The summed E-state index contributed by atoms with van der Waals surface area (Å²) in [7, 11) is 0. The lowest BCUT2D eigenvalue weighted by molar-refractivity contribution is -0.0364. The largest absolute Gasteiger partial charge is 0.300 e. The Morgan fingerprint density at radius 1 is 1.12 bits per heavy atom. The van der Waals surface area contributed by atoms with E-state index < -0.39 is 0 Å². The molecule has 2 aliphatic rings. The maximum atomic E-state index is 2.73. The molecule has 0 N–H and O–H groups in total. The Balaban J connectivity index is 2.19. The van der Waals surface area contributed by atoms with Crippen LogP contribution >= 0.6 is 0 Å². The van der Waals surface area contributed by atoms with Gasteiger partial charge < -0.3 is 4.90 Å². The van der Waals surface area contributed by atoms with E-state index in [2.05, 4.69) is 39.5 Å². The van der Waals surface area contributed by atoms with Gasteiger partial charge >= 0.3 is 0 Å². The molecule has 0 amide bonds. The van der Waals surface area contributed by atoms with E-state index in [9.17, 15) is 0 Å². The summed E-state index contributed by atoms with van der Waals surface area (Å²) >= 11 is 0. The highest BCUT2D eigenvalue weighted by atomic mass is 15.2. The molecule has 17 heavy (non-hydrogen) atoms. The molecular weight excluding hydrogens is 206 g/mol. The fraction of sp³-hybridized carbons (Fsp3) is 1.00. The first-order valence-corrected chi connectivity index (χ1v) is 7.59. The Hall–Kier alpha value is -0.0400. The Kier molecular flexibility index (Phi) is 3.60. The summed E-state index contributed by atoms with van der Waals surface area (Å²) in [6.45, 7) is 14.8. The zero-order chi connectivity index (χ0) is 12.7. The lowest BCUT2D eigenvalue weighted by Gasteiger charge is -2.53. The van der Waals surface area contributed by atoms with Crippen LogP contribution in [-0.2, 0) is 0 Å². The van der Waals surface area contributed by atoms with Crippen molar-refractivity contribution < 1.29 is 0 Å². The zero-order valence-corrected chi connectivity index (χ0v) is 12.6. The molecule has 0 aromatic carbocycles. The standard InChI is InChI=1S/C16H31N/c1-13(2)17-11-8-14(15(3,4)5)16(12-17)9-6-7-10-16/h13-14H,6-12H2,1-5H3. The second-order valence-corrected chi connectivity index (χ2v) is 7.84. The average Bonchev–Trinajstić information content (AvgIpc) is 2.64. The molecule has 2 fully saturated rings. The topological polar surface area (TPSA) is 3.24 Å². The second-order valence-electron chi connectivity index (χ2n) is 7.84. The van der Waals surface area contributed by atoms with Gasteiger partial charge in [0.25, 0.3) is 0 Å². The predicted molar refractivity (Wildman–Crippen MR) is 75.2 cm³/mol. The van der Waals surface area contributed by atoms with E-state index >= 15 is 0 Å². The summed E-state index contributed by atoms with van der Waals surface area (Å²) in [6.07, 6.45) is 7.33. The van der Waals surface area contributed by atoms with E-state index in [1.165, 1.54) is 45.2 Å². The normalized spacial score (nSPS) is 30.4. The van der Waals surface area contributed by atoms with Crippen molar-refractivity contribution in [2.45, 2.75) is 72.8 Å². The van der Waals surface area contributed by atoms with Gasteiger partial charge in [-0.05, 0) is 56.4 Å². The fourth-order valence-corrected chi connectivity index (χ4v) is 4.57. The van der Waals surface area contributed by atoms with Crippen LogP contribution in [0, 0.1) is 16.7 Å². The van der Waals surface area contributed by atoms with Gasteiger partial charge in [-0.3, -0.25) is 0 Å². The van der Waals surface area contributed by atoms with Crippen molar-refractivity contribution in [1.82, 2.24) is 4.90 Å². The summed E-state index contributed by atoms with van der Waals surface area (Å²) in [5, 5.41) is 0. The molecule has 1 saturated heterocycles. The van der Waals surface area contributed by atoms with Crippen molar-refractivity contribution in [3.8, 4) is 0 Å². The lowest BCUT2D eigenvalue weighted by Crippen LogP contribution is -2.53. The van der Waals surface area contributed by atoms with Gasteiger partial charge in [-0.15, -0.1) is 0 Å². The molecule has 1 atom stereocenters. The maximum absolute atomic E-state index is 2.73. The molecule has 0 bridgehead atoms. The quantitative estimate of drug-likeness (QED) is 0.656. The minimum Gasteiger partial charge on any atom is -0.300 e. The van der Waals surface area contributed by atoms with Gasteiger partial charge in [0.15, 0.2) is 0 Å². The Labute approximate surface area is 108 Å². The van der Waals surface area contributed by atoms with Crippen LogP contribution in [0.2, 0.25) is 0 Å². The molecular formula is C16H31N. The van der Waals surface area contributed by atoms with Crippen LogP contribution in [0.5, 0.6) is 0 Å². The molecule has 1 heteroatoms. The van der Waals surface area contributed by atoms with Gasteiger partial charge in [-0.25, -0.2) is 0 Å². The van der Waals surface area contributed by atoms with Gasteiger partial charge in [0, 0.05) is 12.6 Å². The molecule has 1 heterocycles. The number of rotatable bonds is 1. The Morgan fingerprint density at radius 2 is 1.71 bits per heavy atom. The van der Waals surface area contributed by atoms with Crippen LogP contribution < -0.4 is 0 Å². The second kappa shape index (κ2) is 4.57. The highest BCUT2D eigenvalue weighted by molar-refractivity contribution is 5.00. The third-order valence-corrected chi connectivity index (χ3v) is 5.34. The smallest absolute Gasteiger partial charge is 0.00435 e. The molecule has 1 aliphatic carbocycles. The van der Waals surface area contributed by atoms with E-state index in [1.807, 2.05) is 0 Å². The molecule has 1 saturated carbocycles. The summed E-state index contributed by atoms with van der Waals surface area (Å²) in [5.74, 6) is 0.937. The predicted octanol–water partition coefficient (Wildman–Crippen LogP) is 4.32. The average molecular weight is 237 g/mol. The minimum absolute atomic E-state index is 0.493. The molecule has 0 aromatic rings. The van der Waals surface area contributed by atoms with Crippen LogP contribution in [0.4, 0.5) is 0 Å². The number of hydrogen-bond donors (Lipinski definition) is 0. The van der Waals surface area contributed by atoms with Crippen molar-refractivity contribution in [1.29, 1.82) is 0 Å². The lowest BCUT2D eigenvalue weighted by atomic mass is 9.59. The van der Waals surface area contributed by atoms with E-state index in [-0.39, 0.29) is 0 Å². The van der Waals surface area contributed by atoms with E-state index in [4.69, 9.17) is 0 Å². The van der Waals surface area contributed by atoms with Crippen LogP contribution in [0.1, 0.15) is 66.7 Å². The molecule has 1 unspecified atom stereocenters. The van der Waals surface area contributed by atoms with Gasteiger partial charge in [0.2, 0.25) is 0 Å². The molecule has 0 aromatic heterocycles. The summed E-state index contributed by atoms with van der Waals surface area (Å²) < 4.78 is 0. The van der Waals surface area contributed by atoms with Crippen molar-refractivity contribution in [3.05, 3.63) is 0 Å². The Bertz CT molecular complexity index is 255. The van der Waals surface area contributed by atoms with Crippen LogP contribution in [-0.4, -0.2) is 24.0 Å². The first-order valence-electron chi connectivity index (χ1n) is 7.59. The fourth-order valence-electron chi connectivity index (χ4n) is 4.57. The van der Waals surface area contributed by atoms with Crippen LogP contribution in [0.15, 0.2) is 0 Å². The molecule has 0 radical (unpaired) electrons. The highest BCUT2D eigenvalue weighted by Gasteiger charge is 2.49. The summed E-state index contributed by atoms with van der Waals surface area (Å²) in [6, 6.07) is 0.730. The van der Waals surface area contributed by atoms with Crippen molar-refractivity contribution >= 4 is 0 Å². The first-order chi connectivity index (χ1) is 7.85. The number of nitrogens with zero attached hydrogens (tertiary/aromatic N) is 1. The van der Waals surface area contributed by atoms with Gasteiger partial charge in [-0.2, -0.15) is 0 Å². The molecule has 1 aliphatic heterocycles. The zero-order valence-electron chi connectivity index (χ0n) is 12.6. The SMILES string of the molecule is CC(C)N1CCC(C(C)(C)C)C2(CCCC2)C1. The van der Waals surface area contributed by atoms with E-state index in [0.29, 0.717) is 10.8 Å². The number of likely N-dealkylation sites (tertiary alicyclic amines) is 1. The third kappa shape index (κ3) is 2.54. The number of hydrogen-bond acceptors (Lipinski definition) is 1. The summed E-state index contributed by atoms with van der Waals surface area (Å²) in [5.41, 5.74) is 1.15. The van der Waals surface area contributed by atoms with Crippen molar-refractivity contribution in [3.63, 3.8) is 0 Å².